The van der Waals surface area contributed by atoms with Crippen molar-refractivity contribution in [1.29, 1.82) is 0 Å². The van der Waals surface area contributed by atoms with Crippen LogP contribution in [0.15, 0.2) is 53.4 Å². The summed E-state index contributed by atoms with van der Waals surface area (Å²) in [6, 6.07) is 11.5. The third-order valence-electron chi connectivity index (χ3n) is 4.10. The number of hydrogen-bond donors (Lipinski definition) is 1. The molecule has 0 aliphatic carbocycles. The van der Waals surface area contributed by atoms with Gasteiger partial charge in [-0.15, -0.1) is 0 Å². The van der Waals surface area contributed by atoms with E-state index in [0.717, 1.165) is 23.9 Å². The second-order valence-electron chi connectivity index (χ2n) is 5.97. The molecule has 1 atom stereocenters. The smallest absolute Gasteiger partial charge is 0.416 e. The minimum absolute atomic E-state index is 0.0542. The van der Waals surface area contributed by atoms with Gasteiger partial charge in [0, 0.05) is 11.3 Å². The molecule has 142 valence electrons. The molecule has 1 aliphatic heterocycles. The molecule has 0 spiro atoms. The number of ether oxygens (including phenoxy) is 1. The number of hydrogen-bond acceptors (Lipinski definition) is 4. The van der Waals surface area contributed by atoms with Crippen molar-refractivity contribution in [3.63, 3.8) is 0 Å². The third-order valence-corrected chi connectivity index (χ3v) is 5.52. The molecule has 0 aromatic heterocycles. The molecule has 1 N–H and O–H groups in total. The first kappa shape index (κ1) is 19.3. The molecule has 27 heavy (non-hydrogen) atoms. The maximum atomic E-state index is 13.0. The molecule has 1 aliphatic rings. The Morgan fingerprint density at radius 2 is 1.93 bits per heavy atom. The number of benzene rings is 2. The highest BCUT2D eigenvalue weighted by atomic mass is 32.2. The number of halogens is 3. The SMILES string of the molecule is CCOC(=O)C1(Cc2cccc(C(F)(F)F)c2)Sc2ccccc2NC1=O. The standard InChI is InChI=1S/C19H16F3NO3S/c1-2-26-17(25)18(11-12-6-5-7-13(10-12)19(20,21)22)16(24)23-14-8-3-4-9-15(14)27-18/h3-10H,2,11H2,1H3,(H,23,24). The zero-order valence-electron chi connectivity index (χ0n) is 14.3. The van der Waals surface area contributed by atoms with Gasteiger partial charge in [-0.05, 0) is 30.7 Å². The van der Waals surface area contributed by atoms with E-state index >= 15 is 0 Å². The summed E-state index contributed by atoms with van der Waals surface area (Å²) >= 11 is 1.00. The number of amides is 1. The first-order chi connectivity index (χ1) is 12.8. The van der Waals surface area contributed by atoms with Crippen molar-refractivity contribution >= 4 is 29.3 Å². The van der Waals surface area contributed by atoms with Crippen LogP contribution in [0.1, 0.15) is 18.1 Å². The second kappa shape index (κ2) is 7.26. The van der Waals surface area contributed by atoms with E-state index in [1.165, 1.54) is 12.1 Å². The van der Waals surface area contributed by atoms with Crippen LogP contribution in [0.4, 0.5) is 18.9 Å². The average molecular weight is 395 g/mol. The number of para-hydroxylation sites is 1. The number of carbonyl (C=O) groups excluding carboxylic acids is 2. The summed E-state index contributed by atoms with van der Waals surface area (Å²) in [5, 5.41) is 2.67. The van der Waals surface area contributed by atoms with E-state index in [0.29, 0.717) is 10.6 Å². The van der Waals surface area contributed by atoms with Crippen LogP contribution in [0.3, 0.4) is 0 Å². The van der Waals surface area contributed by atoms with Gasteiger partial charge in [0.1, 0.15) is 0 Å². The molecule has 0 radical (unpaired) electrons. The van der Waals surface area contributed by atoms with Gasteiger partial charge in [-0.1, -0.05) is 42.1 Å². The molecule has 2 aromatic carbocycles. The molecule has 3 rings (SSSR count). The summed E-state index contributed by atoms with van der Waals surface area (Å²) in [6.45, 7) is 1.66. The number of anilines is 1. The van der Waals surface area contributed by atoms with E-state index in [2.05, 4.69) is 5.32 Å². The van der Waals surface area contributed by atoms with Gasteiger partial charge < -0.3 is 10.1 Å². The molecule has 0 bridgehead atoms. The molecule has 8 heteroatoms. The lowest BCUT2D eigenvalue weighted by Gasteiger charge is -2.34. The van der Waals surface area contributed by atoms with Gasteiger partial charge in [0.2, 0.25) is 4.75 Å². The Bertz CT molecular complexity index is 884. The highest BCUT2D eigenvalue weighted by Gasteiger charge is 2.51. The fourth-order valence-electron chi connectivity index (χ4n) is 2.83. The van der Waals surface area contributed by atoms with Crippen molar-refractivity contribution < 1.29 is 27.5 Å². The summed E-state index contributed by atoms with van der Waals surface area (Å²) in [5.41, 5.74) is -0.0583. The normalized spacial score (nSPS) is 19.2. The van der Waals surface area contributed by atoms with Gasteiger partial charge in [0.05, 0.1) is 17.9 Å². The van der Waals surface area contributed by atoms with Gasteiger partial charge >= 0.3 is 12.1 Å². The number of fused-ring (bicyclic) bond motifs is 1. The molecular weight excluding hydrogens is 379 g/mol. The van der Waals surface area contributed by atoms with Crippen LogP contribution in [0.5, 0.6) is 0 Å². The van der Waals surface area contributed by atoms with Crippen molar-refractivity contribution in [1.82, 2.24) is 0 Å². The zero-order chi connectivity index (χ0) is 19.7. The monoisotopic (exact) mass is 395 g/mol. The molecule has 0 saturated heterocycles. The minimum Gasteiger partial charge on any atom is -0.465 e. The summed E-state index contributed by atoms with van der Waals surface area (Å²) < 4.78 is 42.5. The Morgan fingerprint density at radius 3 is 2.63 bits per heavy atom. The number of esters is 1. The van der Waals surface area contributed by atoms with Gasteiger partial charge in [0.25, 0.3) is 5.91 Å². The lowest BCUT2D eigenvalue weighted by Crippen LogP contribution is -2.51. The molecular formula is C19H16F3NO3S. The number of rotatable bonds is 4. The fourth-order valence-corrected chi connectivity index (χ4v) is 4.11. The van der Waals surface area contributed by atoms with Crippen molar-refractivity contribution in [3.05, 3.63) is 59.7 Å². The summed E-state index contributed by atoms with van der Waals surface area (Å²) in [4.78, 5) is 26.2. The quantitative estimate of drug-likeness (QED) is 0.620. The van der Waals surface area contributed by atoms with E-state index in [9.17, 15) is 22.8 Å². The maximum Gasteiger partial charge on any atom is 0.416 e. The van der Waals surface area contributed by atoms with Crippen LogP contribution in [0.25, 0.3) is 0 Å². The van der Waals surface area contributed by atoms with Gasteiger partial charge in [-0.2, -0.15) is 13.2 Å². The van der Waals surface area contributed by atoms with E-state index in [1.54, 1.807) is 31.2 Å². The van der Waals surface area contributed by atoms with Crippen LogP contribution in [-0.4, -0.2) is 23.2 Å². The van der Waals surface area contributed by atoms with Gasteiger partial charge in [-0.3, -0.25) is 4.79 Å². The Balaban J connectivity index is 2.03. The summed E-state index contributed by atoms with van der Waals surface area (Å²) in [5.74, 6) is -1.39. The lowest BCUT2D eigenvalue weighted by molar-refractivity contribution is -0.148. The number of alkyl halides is 3. The Kier molecular flexibility index (Phi) is 5.19. The highest BCUT2D eigenvalue weighted by molar-refractivity contribution is 8.02. The predicted octanol–water partition coefficient (Wildman–Crippen LogP) is 4.29. The molecule has 4 nitrogen and oxygen atoms in total. The Hall–Kier alpha value is -2.48. The van der Waals surface area contributed by atoms with Crippen LogP contribution in [0.2, 0.25) is 0 Å². The fraction of sp³-hybridized carbons (Fsp3) is 0.263. The lowest BCUT2D eigenvalue weighted by atomic mass is 9.95. The molecule has 1 amide bonds. The molecule has 2 aromatic rings. The topological polar surface area (TPSA) is 55.4 Å². The molecule has 1 heterocycles. The van der Waals surface area contributed by atoms with Crippen LogP contribution >= 0.6 is 11.8 Å². The van der Waals surface area contributed by atoms with Crippen molar-refractivity contribution in [2.75, 3.05) is 11.9 Å². The zero-order valence-corrected chi connectivity index (χ0v) is 15.1. The van der Waals surface area contributed by atoms with Gasteiger partial charge in [0.15, 0.2) is 0 Å². The number of carbonyl (C=O) groups is 2. The van der Waals surface area contributed by atoms with Crippen LogP contribution < -0.4 is 5.32 Å². The Morgan fingerprint density at radius 1 is 1.19 bits per heavy atom. The third kappa shape index (κ3) is 3.80. The first-order valence-electron chi connectivity index (χ1n) is 8.19. The van der Waals surface area contributed by atoms with E-state index in [1.807, 2.05) is 0 Å². The van der Waals surface area contributed by atoms with Crippen molar-refractivity contribution in [3.8, 4) is 0 Å². The van der Waals surface area contributed by atoms with Crippen LogP contribution in [-0.2, 0) is 26.9 Å². The summed E-state index contributed by atoms with van der Waals surface area (Å²) in [7, 11) is 0. The minimum atomic E-state index is -4.51. The predicted molar refractivity (Wildman–Crippen MR) is 95.4 cm³/mol. The van der Waals surface area contributed by atoms with Gasteiger partial charge in [-0.25, -0.2) is 4.79 Å². The molecule has 0 saturated carbocycles. The van der Waals surface area contributed by atoms with Crippen LogP contribution in [0, 0.1) is 0 Å². The highest BCUT2D eigenvalue weighted by Crippen LogP contribution is 2.45. The number of nitrogens with one attached hydrogen (secondary N) is 1. The van der Waals surface area contributed by atoms with E-state index in [4.69, 9.17) is 4.74 Å². The molecule has 0 fully saturated rings. The van der Waals surface area contributed by atoms with E-state index in [-0.39, 0.29) is 18.6 Å². The number of thioether (sulfide) groups is 1. The largest absolute Gasteiger partial charge is 0.465 e. The average Bonchev–Trinajstić information content (AvgIpc) is 2.62. The van der Waals surface area contributed by atoms with Crippen molar-refractivity contribution in [2.45, 2.75) is 29.2 Å². The van der Waals surface area contributed by atoms with E-state index < -0.39 is 28.4 Å². The molecule has 1 unspecified atom stereocenters. The second-order valence-corrected chi connectivity index (χ2v) is 7.32. The first-order valence-corrected chi connectivity index (χ1v) is 9.01. The maximum absolute atomic E-state index is 13.0. The van der Waals surface area contributed by atoms with Crippen molar-refractivity contribution in [2.24, 2.45) is 0 Å². The summed E-state index contributed by atoms with van der Waals surface area (Å²) in [6.07, 6.45) is -4.73. The Labute approximate surface area is 158 Å².